The van der Waals surface area contributed by atoms with Crippen LogP contribution in [0.2, 0.25) is 0 Å². The van der Waals surface area contributed by atoms with E-state index in [1.165, 1.54) is 32.6 Å². The fraction of sp³-hybridized carbons (Fsp3) is 0.833. The zero-order chi connectivity index (χ0) is 11.3. The average molecular weight is 211 g/mol. The molecule has 1 rings (SSSR count). The van der Waals surface area contributed by atoms with Crippen molar-refractivity contribution >= 4 is 11.7 Å². The Kier molecular flexibility index (Phi) is 4.79. The largest absolute Gasteiger partial charge is 0.355 e. The molecule has 0 aromatic rings. The van der Waals surface area contributed by atoms with Gasteiger partial charge in [0.1, 0.15) is 5.78 Å². The van der Waals surface area contributed by atoms with Crippen LogP contribution < -0.4 is 5.32 Å². The van der Waals surface area contributed by atoms with Gasteiger partial charge in [0, 0.05) is 6.54 Å². The van der Waals surface area contributed by atoms with Crippen molar-refractivity contribution in [1.29, 1.82) is 0 Å². The molecule has 0 heterocycles. The summed E-state index contributed by atoms with van der Waals surface area (Å²) < 4.78 is 0. The van der Waals surface area contributed by atoms with E-state index in [2.05, 4.69) is 12.2 Å². The van der Waals surface area contributed by atoms with Gasteiger partial charge in [-0.15, -0.1) is 0 Å². The van der Waals surface area contributed by atoms with Gasteiger partial charge in [-0.2, -0.15) is 0 Å². The number of rotatable bonds is 4. The highest BCUT2D eigenvalue weighted by molar-refractivity contribution is 5.96. The monoisotopic (exact) mass is 211 g/mol. The van der Waals surface area contributed by atoms with Crippen LogP contribution in [0.4, 0.5) is 0 Å². The van der Waals surface area contributed by atoms with Crippen LogP contribution in [0, 0.1) is 11.8 Å². The Morgan fingerprint density at radius 2 is 2.07 bits per heavy atom. The summed E-state index contributed by atoms with van der Waals surface area (Å²) in [6.07, 6.45) is 5.04. The number of Topliss-reactive ketones (excluding diaryl/α,β-unsaturated/α-hetero) is 1. The highest BCUT2D eigenvalue weighted by Gasteiger charge is 2.19. The van der Waals surface area contributed by atoms with E-state index in [4.69, 9.17) is 0 Å². The molecule has 0 radical (unpaired) electrons. The Hall–Kier alpha value is -0.860. The molecule has 1 saturated carbocycles. The summed E-state index contributed by atoms with van der Waals surface area (Å²) in [6, 6.07) is 0. The Morgan fingerprint density at radius 3 is 2.67 bits per heavy atom. The van der Waals surface area contributed by atoms with Gasteiger partial charge in [-0.25, -0.2) is 0 Å². The van der Waals surface area contributed by atoms with Crippen LogP contribution in [0.25, 0.3) is 0 Å². The SMILES string of the molecule is CC(=O)CC(=O)NCC1CCCC(C)C1. The topological polar surface area (TPSA) is 46.2 Å². The second-order valence-corrected chi connectivity index (χ2v) is 4.82. The molecule has 3 nitrogen and oxygen atoms in total. The molecular formula is C12H21NO2. The summed E-state index contributed by atoms with van der Waals surface area (Å²) in [5, 5.41) is 2.84. The molecule has 15 heavy (non-hydrogen) atoms. The third kappa shape index (κ3) is 4.96. The molecule has 1 aliphatic rings. The first-order valence-corrected chi connectivity index (χ1v) is 5.84. The van der Waals surface area contributed by atoms with E-state index in [1.807, 2.05) is 0 Å². The molecule has 2 unspecified atom stereocenters. The molecule has 0 aliphatic heterocycles. The van der Waals surface area contributed by atoms with Crippen LogP contribution in [0.5, 0.6) is 0 Å². The third-order valence-electron chi connectivity index (χ3n) is 3.04. The fourth-order valence-electron chi connectivity index (χ4n) is 2.29. The first-order chi connectivity index (χ1) is 7.08. The quantitative estimate of drug-likeness (QED) is 0.722. The Balaban J connectivity index is 2.18. The lowest BCUT2D eigenvalue weighted by molar-refractivity contribution is -0.127. The van der Waals surface area contributed by atoms with Crippen LogP contribution in [0.1, 0.15) is 46.0 Å². The molecule has 1 amide bonds. The summed E-state index contributed by atoms with van der Waals surface area (Å²) in [5.74, 6) is 1.21. The molecule has 0 spiro atoms. The minimum atomic E-state index is -0.124. The Bertz CT molecular complexity index is 238. The highest BCUT2D eigenvalue weighted by Crippen LogP contribution is 2.27. The number of carbonyl (C=O) groups excluding carboxylic acids is 2. The number of ketones is 1. The summed E-state index contributed by atoms with van der Waals surface area (Å²) in [4.78, 5) is 21.9. The van der Waals surface area contributed by atoms with Crippen molar-refractivity contribution in [2.45, 2.75) is 46.0 Å². The maximum absolute atomic E-state index is 11.2. The van der Waals surface area contributed by atoms with Crippen LogP contribution in [0.15, 0.2) is 0 Å². The highest BCUT2D eigenvalue weighted by atomic mass is 16.2. The average Bonchev–Trinajstić information content (AvgIpc) is 2.14. The van der Waals surface area contributed by atoms with E-state index < -0.39 is 0 Å². The van der Waals surface area contributed by atoms with Crippen molar-refractivity contribution in [1.82, 2.24) is 5.32 Å². The molecule has 86 valence electrons. The number of amides is 1. The van der Waals surface area contributed by atoms with Gasteiger partial charge in [-0.05, 0) is 31.6 Å². The van der Waals surface area contributed by atoms with E-state index >= 15 is 0 Å². The molecule has 0 bridgehead atoms. The number of nitrogens with one attached hydrogen (secondary N) is 1. The summed E-state index contributed by atoms with van der Waals surface area (Å²) in [5.41, 5.74) is 0. The van der Waals surface area contributed by atoms with Crippen LogP contribution in [-0.4, -0.2) is 18.2 Å². The van der Waals surface area contributed by atoms with Crippen LogP contribution in [-0.2, 0) is 9.59 Å². The minimum Gasteiger partial charge on any atom is -0.355 e. The first-order valence-electron chi connectivity index (χ1n) is 5.84. The predicted molar refractivity (Wildman–Crippen MR) is 59.4 cm³/mol. The lowest BCUT2D eigenvalue weighted by Gasteiger charge is -2.26. The van der Waals surface area contributed by atoms with E-state index in [0.717, 1.165) is 12.5 Å². The third-order valence-corrected chi connectivity index (χ3v) is 3.04. The molecule has 2 atom stereocenters. The lowest BCUT2D eigenvalue weighted by Crippen LogP contribution is -2.32. The van der Waals surface area contributed by atoms with Crippen molar-refractivity contribution in [3.8, 4) is 0 Å². The maximum atomic E-state index is 11.2. The van der Waals surface area contributed by atoms with Crippen molar-refractivity contribution in [2.75, 3.05) is 6.54 Å². The molecule has 0 saturated heterocycles. The van der Waals surface area contributed by atoms with Gasteiger partial charge >= 0.3 is 0 Å². The standard InChI is InChI=1S/C12H21NO2/c1-9-4-3-5-11(6-9)8-13-12(15)7-10(2)14/h9,11H,3-8H2,1-2H3,(H,13,15). The number of hydrogen-bond acceptors (Lipinski definition) is 2. The summed E-state index contributed by atoms with van der Waals surface area (Å²) >= 11 is 0. The van der Waals surface area contributed by atoms with Crippen molar-refractivity contribution < 1.29 is 9.59 Å². The second-order valence-electron chi connectivity index (χ2n) is 4.82. The van der Waals surface area contributed by atoms with E-state index in [1.54, 1.807) is 0 Å². The molecule has 0 aromatic carbocycles. The van der Waals surface area contributed by atoms with Gasteiger partial charge in [0.25, 0.3) is 0 Å². The van der Waals surface area contributed by atoms with E-state index in [9.17, 15) is 9.59 Å². The fourth-order valence-corrected chi connectivity index (χ4v) is 2.29. The first kappa shape index (κ1) is 12.2. The zero-order valence-electron chi connectivity index (χ0n) is 9.71. The number of hydrogen-bond donors (Lipinski definition) is 1. The van der Waals surface area contributed by atoms with Gasteiger partial charge in [-0.3, -0.25) is 9.59 Å². The Morgan fingerprint density at radius 1 is 1.33 bits per heavy atom. The van der Waals surface area contributed by atoms with Crippen molar-refractivity contribution in [3.63, 3.8) is 0 Å². The number of carbonyl (C=O) groups is 2. The molecule has 1 aliphatic carbocycles. The van der Waals surface area contributed by atoms with E-state index in [-0.39, 0.29) is 18.1 Å². The van der Waals surface area contributed by atoms with Crippen LogP contribution >= 0.6 is 0 Å². The van der Waals surface area contributed by atoms with E-state index in [0.29, 0.717) is 5.92 Å². The van der Waals surface area contributed by atoms with Crippen molar-refractivity contribution in [2.24, 2.45) is 11.8 Å². The molecule has 1 fully saturated rings. The van der Waals surface area contributed by atoms with Crippen LogP contribution in [0.3, 0.4) is 0 Å². The molecule has 3 heteroatoms. The zero-order valence-corrected chi connectivity index (χ0v) is 9.71. The lowest BCUT2D eigenvalue weighted by atomic mass is 9.82. The van der Waals surface area contributed by atoms with Gasteiger partial charge in [0.05, 0.1) is 6.42 Å². The van der Waals surface area contributed by atoms with Gasteiger partial charge in [0.15, 0.2) is 0 Å². The van der Waals surface area contributed by atoms with Gasteiger partial charge < -0.3 is 5.32 Å². The van der Waals surface area contributed by atoms with Gasteiger partial charge in [0.2, 0.25) is 5.91 Å². The molecule has 1 N–H and O–H groups in total. The van der Waals surface area contributed by atoms with Gasteiger partial charge in [-0.1, -0.05) is 19.8 Å². The Labute approximate surface area is 91.6 Å². The summed E-state index contributed by atoms with van der Waals surface area (Å²) in [7, 11) is 0. The minimum absolute atomic E-state index is 0.0300. The summed E-state index contributed by atoms with van der Waals surface area (Å²) in [6.45, 7) is 4.46. The predicted octanol–water partition coefficient (Wildman–Crippen LogP) is 1.91. The normalized spacial score (nSPS) is 26.0. The molecule has 0 aromatic heterocycles. The second kappa shape index (κ2) is 5.89. The maximum Gasteiger partial charge on any atom is 0.227 e. The smallest absolute Gasteiger partial charge is 0.227 e. The van der Waals surface area contributed by atoms with Crippen molar-refractivity contribution in [3.05, 3.63) is 0 Å². The molecular weight excluding hydrogens is 190 g/mol.